The lowest BCUT2D eigenvalue weighted by molar-refractivity contribution is -0.140. The number of aliphatic carboxylic acids is 1. The van der Waals surface area contributed by atoms with Crippen LogP contribution in [0, 0.1) is 5.92 Å². The fourth-order valence-electron chi connectivity index (χ4n) is 2.01. The van der Waals surface area contributed by atoms with Gasteiger partial charge in [0.15, 0.2) is 0 Å². The maximum absolute atomic E-state index is 11.3. The maximum Gasteiger partial charge on any atom is 0.320 e. The third kappa shape index (κ3) is 4.13. The molecule has 0 aliphatic heterocycles. The Balaban J connectivity index is 2.83. The van der Waals surface area contributed by atoms with Crippen molar-refractivity contribution in [2.24, 2.45) is 5.92 Å². The standard InChI is InChI=1S/C15H23NO4/c1-5-10(2)14(15(17)18)16-9-11-8-12(19-3)6-7-13(11)20-4/h6-8,10,14,16H,5,9H2,1-4H3,(H,17,18). The van der Waals surface area contributed by atoms with E-state index in [1.807, 2.05) is 32.0 Å². The minimum Gasteiger partial charge on any atom is -0.497 e. The average Bonchev–Trinajstić information content (AvgIpc) is 2.46. The first-order valence-corrected chi connectivity index (χ1v) is 6.70. The summed E-state index contributed by atoms with van der Waals surface area (Å²) in [6.45, 7) is 4.32. The molecule has 0 spiro atoms. The molecule has 0 bridgehead atoms. The molecule has 2 atom stereocenters. The maximum atomic E-state index is 11.3. The fourth-order valence-corrected chi connectivity index (χ4v) is 2.01. The minimum atomic E-state index is -0.832. The number of nitrogens with one attached hydrogen (secondary N) is 1. The van der Waals surface area contributed by atoms with Gasteiger partial charge >= 0.3 is 5.97 Å². The van der Waals surface area contributed by atoms with Crippen molar-refractivity contribution in [3.63, 3.8) is 0 Å². The number of benzene rings is 1. The normalized spacial score (nSPS) is 13.6. The fraction of sp³-hybridized carbons (Fsp3) is 0.533. The molecule has 0 radical (unpaired) electrons. The van der Waals surface area contributed by atoms with Crippen molar-refractivity contribution in [2.75, 3.05) is 14.2 Å². The Kier molecular flexibility index (Phi) is 6.31. The van der Waals surface area contributed by atoms with Crippen LogP contribution in [0.25, 0.3) is 0 Å². The number of hydrogen-bond acceptors (Lipinski definition) is 4. The Hall–Kier alpha value is -1.75. The lowest BCUT2D eigenvalue weighted by atomic mass is 9.99. The molecule has 5 heteroatoms. The zero-order valence-corrected chi connectivity index (χ0v) is 12.5. The van der Waals surface area contributed by atoms with Crippen LogP contribution in [-0.4, -0.2) is 31.3 Å². The van der Waals surface area contributed by atoms with E-state index in [0.717, 1.165) is 17.7 Å². The highest BCUT2D eigenvalue weighted by Crippen LogP contribution is 2.24. The van der Waals surface area contributed by atoms with Crippen LogP contribution in [0.1, 0.15) is 25.8 Å². The molecule has 0 saturated carbocycles. The zero-order chi connectivity index (χ0) is 15.1. The van der Waals surface area contributed by atoms with Crippen molar-refractivity contribution in [1.29, 1.82) is 0 Å². The summed E-state index contributed by atoms with van der Waals surface area (Å²) in [4.78, 5) is 11.3. The number of ether oxygens (including phenoxy) is 2. The Bertz CT molecular complexity index is 447. The predicted molar refractivity (Wildman–Crippen MR) is 77.3 cm³/mol. The zero-order valence-electron chi connectivity index (χ0n) is 12.5. The molecule has 112 valence electrons. The third-order valence-electron chi connectivity index (χ3n) is 3.48. The summed E-state index contributed by atoms with van der Waals surface area (Å²) in [5.41, 5.74) is 0.876. The molecule has 0 heterocycles. The van der Waals surface area contributed by atoms with E-state index in [1.54, 1.807) is 14.2 Å². The molecule has 0 aliphatic rings. The molecule has 5 nitrogen and oxygen atoms in total. The summed E-state index contributed by atoms with van der Waals surface area (Å²) >= 11 is 0. The molecule has 0 saturated heterocycles. The van der Waals surface area contributed by atoms with Crippen LogP contribution >= 0.6 is 0 Å². The highest BCUT2D eigenvalue weighted by Gasteiger charge is 2.23. The molecule has 1 rings (SSSR count). The van der Waals surface area contributed by atoms with E-state index in [2.05, 4.69) is 5.32 Å². The van der Waals surface area contributed by atoms with Crippen LogP contribution < -0.4 is 14.8 Å². The molecule has 0 amide bonds. The van der Waals surface area contributed by atoms with E-state index in [0.29, 0.717) is 12.3 Å². The van der Waals surface area contributed by atoms with E-state index in [-0.39, 0.29) is 5.92 Å². The monoisotopic (exact) mass is 281 g/mol. The molecule has 2 N–H and O–H groups in total. The van der Waals surface area contributed by atoms with Gasteiger partial charge in [0.25, 0.3) is 0 Å². The number of methoxy groups -OCH3 is 2. The van der Waals surface area contributed by atoms with Gasteiger partial charge in [0.05, 0.1) is 14.2 Å². The van der Waals surface area contributed by atoms with Gasteiger partial charge in [0.2, 0.25) is 0 Å². The average molecular weight is 281 g/mol. The van der Waals surface area contributed by atoms with Gasteiger partial charge in [-0.25, -0.2) is 0 Å². The van der Waals surface area contributed by atoms with Gasteiger partial charge in [0.1, 0.15) is 17.5 Å². The van der Waals surface area contributed by atoms with Crippen LogP contribution in [-0.2, 0) is 11.3 Å². The van der Waals surface area contributed by atoms with Gasteiger partial charge in [-0.2, -0.15) is 0 Å². The van der Waals surface area contributed by atoms with Crippen LogP contribution in [0.2, 0.25) is 0 Å². The van der Waals surface area contributed by atoms with Crippen LogP contribution in [0.15, 0.2) is 18.2 Å². The highest BCUT2D eigenvalue weighted by molar-refractivity contribution is 5.73. The van der Waals surface area contributed by atoms with Gasteiger partial charge in [-0.15, -0.1) is 0 Å². The smallest absolute Gasteiger partial charge is 0.320 e. The summed E-state index contributed by atoms with van der Waals surface area (Å²) in [7, 11) is 3.19. The Morgan fingerprint density at radius 1 is 1.35 bits per heavy atom. The minimum absolute atomic E-state index is 0.0594. The highest BCUT2D eigenvalue weighted by atomic mass is 16.5. The van der Waals surface area contributed by atoms with Crippen molar-refractivity contribution in [3.8, 4) is 11.5 Å². The van der Waals surface area contributed by atoms with Crippen molar-refractivity contribution in [3.05, 3.63) is 23.8 Å². The molecule has 1 aromatic carbocycles. The first-order valence-electron chi connectivity index (χ1n) is 6.70. The van der Waals surface area contributed by atoms with Gasteiger partial charge in [-0.3, -0.25) is 10.1 Å². The van der Waals surface area contributed by atoms with Crippen molar-refractivity contribution >= 4 is 5.97 Å². The predicted octanol–water partition coefficient (Wildman–Crippen LogP) is 2.29. The van der Waals surface area contributed by atoms with Crippen molar-refractivity contribution in [1.82, 2.24) is 5.32 Å². The van der Waals surface area contributed by atoms with Gasteiger partial charge in [-0.05, 0) is 24.1 Å². The molecular weight excluding hydrogens is 258 g/mol. The second kappa shape index (κ2) is 7.75. The van der Waals surface area contributed by atoms with Crippen molar-refractivity contribution in [2.45, 2.75) is 32.9 Å². The van der Waals surface area contributed by atoms with Gasteiger partial charge in [-0.1, -0.05) is 20.3 Å². The summed E-state index contributed by atoms with van der Waals surface area (Å²) in [5.74, 6) is 0.662. The molecule has 0 aromatic heterocycles. The molecule has 20 heavy (non-hydrogen) atoms. The third-order valence-corrected chi connectivity index (χ3v) is 3.48. The lowest BCUT2D eigenvalue weighted by Gasteiger charge is -2.21. The summed E-state index contributed by atoms with van der Waals surface area (Å²) < 4.78 is 10.5. The Morgan fingerprint density at radius 2 is 2.05 bits per heavy atom. The first-order chi connectivity index (χ1) is 9.53. The van der Waals surface area contributed by atoms with E-state index < -0.39 is 12.0 Å². The largest absolute Gasteiger partial charge is 0.497 e. The number of hydrogen-bond donors (Lipinski definition) is 2. The van der Waals surface area contributed by atoms with Gasteiger partial charge in [0, 0.05) is 12.1 Å². The second-order valence-corrected chi connectivity index (χ2v) is 4.76. The molecule has 0 aliphatic carbocycles. The molecule has 2 unspecified atom stereocenters. The molecule has 0 fully saturated rings. The topological polar surface area (TPSA) is 67.8 Å². The lowest BCUT2D eigenvalue weighted by Crippen LogP contribution is -2.41. The molecular formula is C15H23NO4. The summed E-state index contributed by atoms with van der Waals surface area (Å²) in [5, 5.41) is 12.3. The van der Waals surface area contributed by atoms with E-state index in [4.69, 9.17) is 9.47 Å². The Labute approximate surface area is 119 Å². The number of carboxylic acid groups (broad SMARTS) is 1. The number of carboxylic acids is 1. The van der Waals surface area contributed by atoms with E-state index in [9.17, 15) is 9.90 Å². The van der Waals surface area contributed by atoms with Crippen LogP contribution in [0.5, 0.6) is 11.5 Å². The molecule has 1 aromatic rings. The van der Waals surface area contributed by atoms with Crippen molar-refractivity contribution < 1.29 is 19.4 Å². The van der Waals surface area contributed by atoms with E-state index in [1.165, 1.54) is 0 Å². The summed E-state index contributed by atoms with van der Waals surface area (Å²) in [6, 6.07) is 4.90. The van der Waals surface area contributed by atoms with Crippen LogP contribution in [0.3, 0.4) is 0 Å². The van der Waals surface area contributed by atoms with Crippen LogP contribution in [0.4, 0.5) is 0 Å². The summed E-state index contributed by atoms with van der Waals surface area (Å²) in [6.07, 6.45) is 0.805. The Morgan fingerprint density at radius 3 is 2.55 bits per heavy atom. The number of rotatable bonds is 8. The second-order valence-electron chi connectivity index (χ2n) is 4.76. The quantitative estimate of drug-likeness (QED) is 0.765. The van der Waals surface area contributed by atoms with E-state index >= 15 is 0 Å². The van der Waals surface area contributed by atoms with Gasteiger partial charge < -0.3 is 14.6 Å². The first kappa shape index (κ1) is 16.3. The SMILES string of the molecule is CCC(C)C(NCc1cc(OC)ccc1OC)C(=O)O. The number of carbonyl (C=O) groups is 1.